The van der Waals surface area contributed by atoms with Gasteiger partial charge in [0.15, 0.2) is 12.3 Å². The molecule has 0 saturated carbocycles. The number of carbonyl (C=O) groups excluding carboxylic acids is 2. The number of esters is 1. The molecule has 7 heteroatoms. The van der Waals surface area contributed by atoms with Crippen LogP contribution in [0.5, 0.6) is 0 Å². The Morgan fingerprint density at radius 2 is 1.72 bits per heavy atom. The summed E-state index contributed by atoms with van der Waals surface area (Å²) in [6, 6.07) is 15.5. The first-order valence-electron chi connectivity index (χ1n) is 9.55. The van der Waals surface area contributed by atoms with Gasteiger partial charge < -0.3 is 10.1 Å². The van der Waals surface area contributed by atoms with Crippen LogP contribution in [0, 0.1) is 0 Å². The van der Waals surface area contributed by atoms with Crippen LogP contribution in [-0.4, -0.2) is 34.3 Å². The molecular formula is C22H23N3O4. The summed E-state index contributed by atoms with van der Waals surface area (Å²) >= 11 is 0. The molecule has 1 unspecified atom stereocenters. The molecule has 0 aliphatic heterocycles. The first-order chi connectivity index (χ1) is 14.0. The summed E-state index contributed by atoms with van der Waals surface area (Å²) in [5, 5.41) is 7.75. The highest BCUT2D eigenvalue weighted by Crippen LogP contribution is 2.16. The van der Waals surface area contributed by atoms with Crippen molar-refractivity contribution in [3.8, 4) is 5.69 Å². The number of aromatic nitrogens is 2. The highest BCUT2D eigenvalue weighted by Gasteiger charge is 2.20. The lowest BCUT2D eigenvalue weighted by atomic mass is 10.1. The molecule has 2 aromatic carbocycles. The first-order valence-corrected chi connectivity index (χ1v) is 9.55. The Morgan fingerprint density at radius 1 is 1.07 bits per heavy atom. The van der Waals surface area contributed by atoms with Crippen LogP contribution < -0.4 is 10.9 Å². The molecule has 0 aliphatic carbocycles. The Labute approximate surface area is 168 Å². The van der Waals surface area contributed by atoms with E-state index in [2.05, 4.69) is 10.4 Å². The van der Waals surface area contributed by atoms with Gasteiger partial charge in [-0.05, 0) is 31.5 Å². The zero-order valence-electron chi connectivity index (χ0n) is 16.4. The summed E-state index contributed by atoms with van der Waals surface area (Å²) in [6.45, 7) is 3.52. The molecule has 1 atom stereocenters. The average Bonchev–Trinajstić information content (AvgIpc) is 2.73. The van der Waals surface area contributed by atoms with Crippen molar-refractivity contribution < 1.29 is 14.3 Å². The predicted molar refractivity (Wildman–Crippen MR) is 110 cm³/mol. The van der Waals surface area contributed by atoms with Crippen LogP contribution in [0.25, 0.3) is 16.5 Å². The second-order valence-corrected chi connectivity index (χ2v) is 6.78. The van der Waals surface area contributed by atoms with E-state index in [-0.39, 0.29) is 23.2 Å². The van der Waals surface area contributed by atoms with Gasteiger partial charge in [-0.2, -0.15) is 9.78 Å². The van der Waals surface area contributed by atoms with Gasteiger partial charge in [-0.3, -0.25) is 9.59 Å². The lowest BCUT2D eigenvalue weighted by Crippen LogP contribution is -2.36. The van der Waals surface area contributed by atoms with Crippen molar-refractivity contribution in [3.63, 3.8) is 0 Å². The van der Waals surface area contributed by atoms with Crippen molar-refractivity contribution >= 4 is 22.6 Å². The second kappa shape index (κ2) is 9.14. The highest BCUT2D eigenvalue weighted by molar-refractivity contribution is 6.02. The van der Waals surface area contributed by atoms with Gasteiger partial charge in [0, 0.05) is 11.4 Å². The maximum Gasteiger partial charge on any atom is 0.359 e. The molecule has 1 amide bonds. The van der Waals surface area contributed by atoms with Crippen LogP contribution in [0.4, 0.5) is 0 Å². The minimum Gasteiger partial charge on any atom is -0.451 e. The second-order valence-electron chi connectivity index (χ2n) is 6.78. The Balaban J connectivity index is 1.90. The van der Waals surface area contributed by atoms with Crippen LogP contribution in [-0.2, 0) is 9.53 Å². The van der Waals surface area contributed by atoms with Gasteiger partial charge in [0.05, 0.1) is 11.1 Å². The standard InChI is InChI=1S/C22H23N3O4/c1-3-9-15(2)23-19(26)14-29-22(28)20-17-12-7-8-13-18(17)21(27)25(24-20)16-10-5-4-6-11-16/h4-8,10-13,15H,3,9,14H2,1-2H3,(H,23,26). The lowest BCUT2D eigenvalue weighted by molar-refractivity contribution is -0.124. The van der Waals surface area contributed by atoms with E-state index in [0.29, 0.717) is 16.5 Å². The van der Waals surface area contributed by atoms with Crippen LogP contribution in [0.3, 0.4) is 0 Å². The van der Waals surface area contributed by atoms with E-state index in [1.54, 1.807) is 48.5 Å². The van der Waals surface area contributed by atoms with Gasteiger partial charge >= 0.3 is 5.97 Å². The molecule has 3 rings (SSSR count). The van der Waals surface area contributed by atoms with E-state index in [4.69, 9.17) is 4.74 Å². The summed E-state index contributed by atoms with van der Waals surface area (Å²) in [4.78, 5) is 37.5. The smallest absolute Gasteiger partial charge is 0.359 e. The van der Waals surface area contributed by atoms with Crippen LogP contribution in [0.15, 0.2) is 59.4 Å². The summed E-state index contributed by atoms with van der Waals surface area (Å²) < 4.78 is 6.35. The lowest BCUT2D eigenvalue weighted by Gasteiger charge is -2.13. The predicted octanol–water partition coefficient (Wildman–Crippen LogP) is 2.85. The zero-order chi connectivity index (χ0) is 20.8. The molecule has 7 nitrogen and oxygen atoms in total. The van der Waals surface area contributed by atoms with Gasteiger partial charge in [0.2, 0.25) is 0 Å². The fourth-order valence-electron chi connectivity index (χ4n) is 3.11. The molecule has 0 bridgehead atoms. The van der Waals surface area contributed by atoms with Crippen LogP contribution in [0.1, 0.15) is 37.2 Å². The van der Waals surface area contributed by atoms with Crippen molar-refractivity contribution in [2.75, 3.05) is 6.61 Å². The number of benzene rings is 2. The normalized spacial score (nSPS) is 11.8. The zero-order valence-corrected chi connectivity index (χ0v) is 16.4. The van der Waals surface area contributed by atoms with E-state index in [9.17, 15) is 14.4 Å². The third kappa shape index (κ3) is 4.68. The molecule has 1 N–H and O–H groups in total. The number of ether oxygens (including phenoxy) is 1. The number of rotatable bonds is 7. The van der Waals surface area contributed by atoms with Crippen molar-refractivity contribution in [2.45, 2.75) is 32.7 Å². The number of amides is 1. The van der Waals surface area contributed by atoms with E-state index >= 15 is 0 Å². The molecule has 0 aliphatic rings. The quantitative estimate of drug-likeness (QED) is 0.624. The number of nitrogens with one attached hydrogen (secondary N) is 1. The largest absolute Gasteiger partial charge is 0.451 e. The summed E-state index contributed by atoms with van der Waals surface area (Å²) in [6.07, 6.45) is 1.78. The van der Waals surface area contributed by atoms with Gasteiger partial charge in [0.1, 0.15) is 0 Å². The Morgan fingerprint density at radius 3 is 2.41 bits per heavy atom. The minimum atomic E-state index is -0.760. The summed E-state index contributed by atoms with van der Waals surface area (Å²) in [7, 11) is 0. The van der Waals surface area contributed by atoms with E-state index in [1.165, 1.54) is 4.68 Å². The molecule has 1 heterocycles. The first kappa shape index (κ1) is 20.3. The minimum absolute atomic E-state index is 0.00476. The maximum atomic E-state index is 12.8. The molecule has 0 saturated heterocycles. The van der Waals surface area contributed by atoms with Crippen molar-refractivity contribution in [2.24, 2.45) is 0 Å². The molecule has 0 fully saturated rings. The topological polar surface area (TPSA) is 90.3 Å². The Kier molecular flexibility index (Phi) is 6.39. The fourth-order valence-corrected chi connectivity index (χ4v) is 3.11. The number of hydrogen-bond donors (Lipinski definition) is 1. The summed E-state index contributed by atoms with van der Waals surface area (Å²) in [5.41, 5.74) is 0.177. The Hall–Kier alpha value is -3.48. The Bertz CT molecular complexity index is 1080. The number of carbonyl (C=O) groups is 2. The number of para-hydroxylation sites is 1. The van der Waals surface area contributed by atoms with Gasteiger partial charge in [-0.25, -0.2) is 4.79 Å². The fraction of sp³-hybridized carbons (Fsp3) is 0.273. The average molecular weight is 393 g/mol. The summed E-state index contributed by atoms with van der Waals surface area (Å²) in [5.74, 6) is -1.14. The molecule has 29 heavy (non-hydrogen) atoms. The van der Waals surface area contributed by atoms with Crippen molar-refractivity contribution in [1.29, 1.82) is 0 Å². The van der Waals surface area contributed by atoms with Gasteiger partial charge in [-0.15, -0.1) is 0 Å². The molecule has 150 valence electrons. The molecule has 0 spiro atoms. The van der Waals surface area contributed by atoms with Crippen molar-refractivity contribution in [3.05, 3.63) is 70.6 Å². The number of fused-ring (bicyclic) bond motifs is 1. The van der Waals surface area contributed by atoms with Crippen molar-refractivity contribution in [1.82, 2.24) is 15.1 Å². The third-order valence-corrected chi connectivity index (χ3v) is 4.46. The maximum absolute atomic E-state index is 12.8. The van der Waals surface area contributed by atoms with E-state index < -0.39 is 12.6 Å². The van der Waals surface area contributed by atoms with Crippen LogP contribution >= 0.6 is 0 Å². The SMILES string of the molecule is CCCC(C)NC(=O)COC(=O)c1nn(-c2ccccc2)c(=O)c2ccccc12. The molecule has 3 aromatic rings. The number of hydrogen-bond acceptors (Lipinski definition) is 5. The van der Waals surface area contributed by atoms with E-state index in [1.807, 2.05) is 19.9 Å². The number of nitrogens with zero attached hydrogens (tertiary/aromatic N) is 2. The van der Waals surface area contributed by atoms with Gasteiger partial charge in [-0.1, -0.05) is 49.7 Å². The molecule has 1 aromatic heterocycles. The highest BCUT2D eigenvalue weighted by atomic mass is 16.5. The van der Waals surface area contributed by atoms with E-state index in [0.717, 1.165) is 12.8 Å². The van der Waals surface area contributed by atoms with Crippen LogP contribution in [0.2, 0.25) is 0 Å². The monoisotopic (exact) mass is 393 g/mol. The third-order valence-electron chi connectivity index (χ3n) is 4.46. The molecule has 0 radical (unpaired) electrons. The van der Waals surface area contributed by atoms with Gasteiger partial charge in [0.25, 0.3) is 11.5 Å². The molecular weight excluding hydrogens is 370 g/mol.